The molecule has 1 aliphatic heterocycles. The monoisotopic (exact) mass is 460 g/mol. The molecule has 2 heterocycles. The summed E-state index contributed by atoms with van der Waals surface area (Å²) in [5.41, 5.74) is 2.41. The van der Waals surface area contributed by atoms with Crippen molar-refractivity contribution in [1.82, 2.24) is 9.88 Å². The van der Waals surface area contributed by atoms with Crippen molar-refractivity contribution in [3.63, 3.8) is 0 Å². The van der Waals surface area contributed by atoms with Gasteiger partial charge in [0.15, 0.2) is 5.11 Å². The minimum atomic E-state index is -0.690. The van der Waals surface area contributed by atoms with Crippen LogP contribution >= 0.6 is 12.2 Å². The highest BCUT2D eigenvalue weighted by molar-refractivity contribution is 7.80. The molecule has 0 saturated carbocycles. The maximum Gasteiger partial charge on any atom is 0.256 e. The van der Waals surface area contributed by atoms with Gasteiger partial charge in [0.2, 0.25) is 5.91 Å². The van der Waals surface area contributed by atoms with Gasteiger partial charge in [0.25, 0.3) is 5.91 Å². The number of aromatic nitrogens is 1. The molecule has 0 spiro atoms. The fraction of sp³-hybridized carbons (Fsp3) is 0.200. The Hall–Kier alpha value is -3.78. The predicted octanol–water partition coefficient (Wildman–Crippen LogP) is 3.66. The van der Waals surface area contributed by atoms with Crippen molar-refractivity contribution >= 4 is 40.5 Å². The van der Waals surface area contributed by atoms with Gasteiger partial charge >= 0.3 is 0 Å². The molecule has 3 aromatic rings. The van der Waals surface area contributed by atoms with Crippen molar-refractivity contribution in [3.05, 3.63) is 84.7 Å². The quantitative estimate of drug-likeness (QED) is 0.517. The van der Waals surface area contributed by atoms with E-state index in [0.717, 1.165) is 5.56 Å². The molecular formula is C25H24N4O3S. The van der Waals surface area contributed by atoms with Crippen LogP contribution in [0.15, 0.2) is 79.1 Å². The first-order valence-corrected chi connectivity index (χ1v) is 11.0. The molecule has 0 unspecified atom stereocenters. The number of methoxy groups -OCH3 is 1. The highest BCUT2D eigenvalue weighted by atomic mass is 32.1. The molecule has 2 aromatic carbocycles. The average molecular weight is 461 g/mol. The molecule has 33 heavy (non-hydrogen) atoms. The molecule has 1 N–H and O–H groups in total. The molecule has 0 bridgehead atoms. The number of thiocarbonyl (C=S) groups is 1. The summed E-state index contributed by atoms with van der Waals surface area (Å²) in [5, 5.41) is 3.25. The number of hydrogen-bond donors (Lipinski definition) is 1. The lowest BCUT2D eigenvalue weighted by atomic mass is 10.1. The Morgan fingerprint density at radius 1 is 1.06 bits per heavy atom. The Bertz CT molecular complexity index is 1120. The summed E-state index contributed by atoms with van der Waals surface area (Å²) in [4.78, 5) is 33.6. The molecule has 1 saturated heterocycles. The maximum atomic E-state index is 13.5. The summed E-state index contributed by atoms with van der Waals surface area (Å²) < 4.78 is 5.22. The summed E-state index contributed by atoms with van der Waals surface area (Å²) in [6.45, 7) is 0.504. The molecular weight excluding hydrogens is 436 g/mol. The molecule has 0 aliphatic carbocycles. The van der Waals surface area contributed by atoms with Crippen molar-refractivity contribution in [2.45, 2.75) is 18.9 Å². The number of nitrogens with zero attached hydrogens (tertiary/aromatic N) is 3. The lowest BCUT2D eigenvalue weighted by Gasteiger charge is -2.24. The number of ether oxygens (including phenoxy) is 1. The van der Waals surface area contributed by atoms with Gasteiger partial charge in [0.05, 0.1) is 19.2 Å². The highest BCUT2D eigenvalue weighted by Crippen LogP contribution is 2.29. The number of para-hydroxylation sites is 1. The van der Waals surface area contributed by atoms with Gasteiger partial charge in [-0.3, -0.25) is 19.5 Å². The minimum Gasteiger partial charge on any atom is -0.497 e. The van der Waals surface area contributed by atoms with E-state index in [1.54, 1.807) is 43.8 Å². The Morgan fingerprint density at radius 2 is 1.76 bits per heavy atom. The first-order chi connectivity index (χ1) is 16.1. The Balaban J connectivity index is 1.56. The van der Waals surface area contributed by atoms with E-state index in [0.29, 0.717) is 35.2 Å². The van der Waals surface area contributed by atoms with E-state index in [-0.39, 0.29) is 18.2 Å². The number of carbonyl (C=O) groups excluding carboxylic acids is 2. The summed E-state index contributed by atoms with van der Waals surface area (Å²) in [5.74, 6) is 0.223. The van der Waals surface area contributed by atoms with Crippen molar-refractivity contribution in [2.24, 2.45) is 0 Å². The first-order valence-electron chi connectivity index (χ1n) is 10.6. The van der Waals surface area contributed by atoms with E-state index in [4.69, 9.17) is 17.0 Å². The largest absolute Gasteiger partial charge is 0.497 e. The number of hydrogen-bond acceptors (Lipinski definition) is 5. The van der Waals surface area contributed by atoms with E-state index in [1.807, 2.05) is 47.4 Å². The number of pyridine rings is 1. The molecule has 1 aliphatic rings. The van der Waals surface area contributed by atoms with Crippen LogP contribution in [0.2, 0.25) is 0 Å². The smallest absolute Gasteiger partial charge is 0.256 e. The van der Waals surface area contributed by atoms with E-state index in [2.05, 4.69) is 10.3 Å². The molecule has 8 heteroatoms. The highest BCUT2D eigenvalue weighted by Gasteiger charge is 2.43. The van der Waals surface area contributed by atoms with E-state index < -0.39 is 6.04 Å². The van der Waals surface area contributed by atoms with E-state index >= 15 is 0 Å². The lowest BCUT2D eigenvalue weighted by molar-refractivity contribution is -0.124. The molecule has 1 atom stereocenters. The fourth-order valence-electron chi connectivity index (χ4n) is 3.76. The zero-order valence-electron chi connectivity index (χ0n) is 18.2. The van der Waals surface area contributed by atoms with Gasteiger partial charge in [0.1, 0.15) is 11.8 Å². The second kappa shape index (κ2) is 10.2. The van der Waals surface area contributed by atoms with Gasteiger partial charge in [-0.15, -0.1) is 0 Å². The Labute approximate surface area is 198 Å². The van der Waals surface area contributed by atoms with Crippen LogP contribution in [-0.2, 0) is 16.0 Å². The van der Waals surface area contributed by atoms with Crippen LogP contribution in [0, 0.1) is 0 Å². The molecule has 1 aromatic heterocycles. The van der Waals surface area contributed by atoms with Crippen LogP contribution in [0.5, 0.6) is 5.75 Å². The van der Waals surface area contributed by atoms with Crippen LogP contribution in [-0.4, -0.2) is 46.5 Å². The number of anilines is 2. The number of carbonyl (C=O) groups is 2. The summed E-state index contributed by atoms with van der Waals surface area (Å²) >= 11 is 5.71. The first kappa shape index (κ1) is 22.4. The van der Waals surface area contributed by atoms with E-state index in [9.17, 15) is 9.59 Å². The molecule has 1 fully saturated rings. The summed E-state index contributed by atoms with van der Waals surface area (Å²) in [6, 6.07) is 19.5. The fourth-order valence-corrected chi connectivity index (χ4v) is 4.18. The molecule has 0 radical (unpaired) electrons. The number of amides is 2. The lowest BCUT2D eigenvalue weighted by Crippen LogP contribution is -2.39. The van der Waals surface area contributed by atoms with Gasteiger partial charge < -0.3 is 15.0 Å². The zero-order valence-corrected chi connectivity index (χ0v) is 19.0. The molecule has 7 nitrogen and oxygen atoms in total. The molecule has 168 valence electrons. The van der Waals surface area contributed by atoms with Crippen LogP contribution in [0.1, 0.15) is 12.0 Å². The molecule has 2 amide bonds. The van der Waals surface area contributed by atoms with Crippen LogP contribution < -0.4 is 15.0 Å². The van der Waals surface area contributed by atoms with Crippen molar-refractivity contribution < 1.29 is 14.3 Å². The van der Waals surface area contributed by atoms with E-state index in [1.165, 1.54) is 4.90 Å². The Morgan fingerprint density at radius 3 is 2.42 bits per heavy atom. The Kier molecular flexibility index (Phi) is 6.95. The summed E-state index contributed by atoms with van der Waals surface area (Å²) in [6.07, 6.45) is 4.13. The SMILES string of the molecule is COc1ccc(N2C(=O)[C@H](CC(=O)Nc3ccccc3)N(CCc3ccncc3)C2=S)cc1. The van der Waals surface area contributed by atoms with Gasteiger partial charge in [0, 0.05) is 24.6 Å². The van der Waals surface area contributed by atoms with Crippen molar-refractivity contribution in [3.8, 4) is 5.75 Å². The van der Waals surface area contributed by atoms with Gasteiger partial charge in [-0.2, -0.15) is 0 Å². The normalized spacial score (nSPS) is 15.6. The third kappa shape index (κ3) is 5.18. The second-order valence-corrected chi connectivity index (χ2v) is 7.95. The standard InChI is InChI=1S/C25H24N4O3S/c1-32-21-9-7-20(8-10-21)29-24(31)22(17-23(30)27-19-5-3-2-4-6-19)28(25(29)33)16-13-18-11-14-26-15-12-18/h2-12,14-15,22H,13,16-17H2,1H3,(H,27,30)/t22-/m0/s1. The second-order valence-electron chi connectivity index (χ2n) is 7.59. The van der Waals surface area contributed by atoms with Crippen LogP contribution in [0.3, 0.4) is 0 Å². The van der Waals surface area contributed by atoms with Gasteiger partial charge in [-0.25, -0.2) is 0 Å². The number of nitrogens with one attached hydrogen (secondary N) is 1. The topological polar surface area (TPSA) is 74.8 Å². The maximum absolute atomic E-state index is 13.5. The third-order valence-electron chi connectivity index (χ3n) is 5.48. The third-order valence-corrected chi connectivity index (χ3v) is 5.89. The van der Waals surface area contributed by atoms with Crippen LogP contribution in [0.25, 0.3) is 0 Å². The van der Waals surface area contributed by atoms with Gasteiger partial charge in [-0.1, -0.05) is 18.2 Å². The van der Waals surface area contributed by atoms with Crippen LogP contribution in [0.4, 0.5) is 11.4 Å². The summed E-state index contributed by atoms with van der Waals surface area (Å²) in [7, 11) is 1.59. The van der Waals surface area contributed by atoms with Gasteiger partial charge in [-0.05, 0) is 72.7 Å². The predicted molar refractivity (Wildman–Crippen MR) is 131 cm³/mol. The average Bonchev–Trinajstić information content (AvgIpc) is 3.07. The minimum absolute atomic E-state index is 0.00311. The number of rotatable bonds is 8. The number of benzene rings is 2. The van der Waals surface area contributed by atoms with Crippen molar-refractivity contribution in [1.29, 1.82) is 0 Å². The molecule has 4 rings (SSSR count). The zero-order chi connectivity index (χ0) is 23.2. The van der Waals surface area contributed by atoms with Crippen molar-refractivity contribution in [2.75, 3.05) is 23.9 Å².